The van der Waals surface area contributed by atoms with Crippen molar-refractivity contribution in [1.82, 2.24) is 10.2 Å². The van der Waals surface area contributed by atoms with Gasteiger partial charge in [0, 0.05) is 18.1 Å². The number of hydrogen-bond acceptors (Lipinski definition) is 3. The molecule has 0 aliphatic carbocycles. The average Bonchev–Trinajstić information content (AvgIpc) is 2.71. The molecule has 0 aromatic heterocycles. The van der Waals surface area contributed by atoms with E-state index >= 15 is 0 Å². The smallest absolute Gasteiger partial charge is 0.261 e. The number of halogens is 2. The van der Waals surface area contributed by atoms with Gasteiger partial charge in [-0.25, -0.2) is 0 Å². The predicted molar refractivity (Wildman–Crippen MR) is 124 cm³/mol. The Kier molecular flexibility index (Phi) is 9.18. The van der Waals surface area contributed by atoms with Gasteiger partial charge >= 0.3 is 0 Å². The van der Waals surface area contributed by atoms with Crippen LogP contribution in [0.1, 0.15) is 44.7 Å². The second kappa shape index (κ2) is 11.4. The number of rotatable bonds is 9. The molecule has 162 valence electrons. The van der Waals surface area contributed by atoms with Crippen molar-refractivity contribution in [3.8, 4) is 5.75 Å². The van der Waals surface area contributed by atoms with Gasteiger partial charge in [-0.3, -0.25) is 9.59 Å². The van der Waals surface area contributed by atoms with Crippen LogP contribution < -0.4 is 10.1 Å². The van der Waals surface area contributed by atoms with Crippen LogP contribution in [0.5, 0.6) is 5.75 Å². The monoisotopic (exact) mass is 494 g/mol. The summed E-state index contributed by atoms with van der Waals surface area (Å²) in [7, 11) is 0. The first-order valence-corrected chi connectivity index (χ1v) is 11.1. The van der Waals surface area contributed by atoms with Crippen molar-refractivity contribution in [2.24, 2.45) is 0 Å². The van der Waals surface area contributed by atoms with Gasteiger partial charge in [0.15, 0.2) is 6.61 Å². The van der Waals surface area contributed by atoms with Crippen molar-refractivity contribution in [3.05, 3.63) is 63.1 Å². The molecule has 0 saturated carbocycles. The maximum atomic E-state index is 13.0. The molecule has 0 aliphatic rings. The van der Waals surface area contributed by atoms with Crippen molar-refractivity contribution >= 4 is 39.3 Å². The maximum Gasteiger partial charge on any atom is 0.261 e. The number of ether oxygens (including phenoxy) is 1. The molecular formula is C23H28BrClN2O3. The molecule has 2 aromatic carbocycles. The summed E-state index contributed by atoms with van der Waals surface area (Å²) < 4.78 is 6.56. The summed E-state index contributed by atoms with van der Waals surface area (Å²) in [6.45, 7) is 8.28. The Bertz CT molecular complexity index is 889. The van der Waals surface area contributed by atoms with E-state index in [1.807, 2.05) is 43.3 Å². The molecular weight excluding hydrogens is 468 g/mol. The van der Waals surface area contributed by atoms with Crippen LogP contribution >= 0.6 is 27.5 Å². The number of benzene rings is 2. The molecule has 1 atom stereocenters. The average molecular weight is 496 g/mol. The van der Waals surface area contributed by atoms with Crippen LogP contribution in [0.25, 0.3) is 0 Å². The van der Waals surface area contributed by atoms with E-state index in [9.17, 15) is 9.59 Å². The molecule has 0 heterocycles. The fourth-order valence-corrected chi connectivity index (χ4v) is 3.64. The number of hydrogen-bond donors (Lipinski definition) is 1. The Morgan fingerprint density at radius 2 is 1.87 bits per heavy atom. The van der Waals surface area contributed by atoms with Crippen molar-refractivity contribution in [3.63, 3.8) is 0 Å². The van der Waals surface area contributed by atoms with Crippen molar-refractivity contribution in [1.29, 1.82) is 0 Å². The van der Waals surface area contributed by atoms with Crippen LogP contribution in [0.4, 0.5) is 0 Å². The molecule has 1 N–H and O–H groups in total. The summed E-state index contributed by atoms with van der Waals surface area (Å²) in [5, 5.41) is 3.31. The minimum atomic E-state index is -0.663. The number of carbonyl (C=O) groups is 2. The van der Waals surface area contributed by atoms with E-state index < -0.39 is 6.04 Å². The third kappa shape index (κ3) is 6.47. The Labute approximate surface area is 191 Å². The molecule has 30 heavy (non-hydrogen) atoms. The number of carbonyl (C=O) groups excluding carboxylic acids is 2. The summed E-state index contributed by atoms with van der Waals surface area (Å²) in [6.07, 6.45) is 0. The zero-order valence-corrected chi connectivity index (χ0v) is 20.1. The molecule has 2 rings (SSSR count). The highest BCUT2D eigenvalue weighted by Crippen LogP contribution is 2.29. The fraction of sp³-hybridized carbons (Fsp3) is 0.391. The first-order valence-electron chi connectivity index (χ1n) is 9.97. The van der Waals surface area contributed by atoms with E-state index in [1.54, 1.807) is 13.0 Å². The summed E-state index contributed by atoms with van der Waals surface area (Å²) in [6, 6.07) is 12.4. The molecule has 2 aromatic rings. The zero-order valence-electron chi connectivity index (χ0n) is 17.7. The Hall–Kier alpha value is -2.05. The molecule has 0 aliphatic heterocycles. The van der Waals surface area contributed by atoms with Gasteiger partial charge in [-0.1, -0.05) is 49.7 Å². The van der Waals surface area contributed by atoms with Crippen LogP contribution in [0.3, 0.4) is 0 Å². The van der Waals surface area contributed by atoms with E-state index in [-0.39, 0.29) is 25.0 Å². The molecule has 2 amide bonds. The number of amides is 2. The van der Waals surface area contributed by atoms with E-state index in [2.05, 4.69) is 35.1 Å². The Morgan fingerprint density at radius 1 is 1.17 bits per heavy atom. The lowest BCUT2D eigenvalue weighted by Crippen LogP contribution is -2.49. The van der Waals surface area contributed by atoms with Gasteiger partial charge in [0.05, 0.1) is 4.47 Å². The number of nitrogens with one attached hydrogen (secondary N) is 1. The van der Waals surface area contributed by atoms with Gasteiger partial charge in [-0.05, 0) is 65.0 Å². The van der Waals surface area contributed by atoms with E-state index in [0.717, 1.165) is 10.0 Å². The summed E-state index contributed by atoms with van der Waals surface area (Å²) in [5.41, 5.74) is 1.94. The lowest BCUT2D eigenvalue weighted by atomic mass is 10.0. The zero-order chi connectivity index (χ0) is 22.3. The van der Waals surface area contributed by atoms with Gasteiger partial charge in [0.25, 0.3) is 5.91 Å². The first-order chi connectivity index (χ1) is 14.2. The van der Waals surface area contributed by atoms with Crippen LogP contribution in [0, 0.1) is 0 Å². The number of nitrogens with zero attached hydrogens (tertiary/aromatic N) is 1. The standard InChI is InChI=1S/C23H28BrClN2O3/c1-5-26-23(29)16(4)27(13-18-8-6-7-9-20(18)25)22(28)14-30-21-11-10-17(15(2)3)12-19(21)24/h6-12,15-16H,5,13-14H2,1-4H3,(H,26,29)/t16-/m1/s1. The van der Waals surface area contributed by atoms with Crippen LogP contribution in [-0.4, -0.2) is 35.9 Å². The molecule has 7 heteroatoms. The van der Waals surface area contributed by atoms with Gasteiger partial charge in [-0.15, -0.1) is 0 Å². The van der Waals surface area contributed by atoms with Crippen molar-refractivity contribution in [2.45, 2.75) is 46.2 Å². The lowest BCUT2D eigenvalue weighted by molar-refractivity contribution is -0.142. The SMILES string of the molecule is CCNC(=O)[C@@H](C)N(Cc1ccccc1Cl)C(=O)COc1ccc(C(C)C)cc1Br. The maximum absolute atomic E-state index is 13.0. The van der Waals surface area contributed by atoms with E-state index in [0.29, 0.717) is 23.2 Å². The highest BCUT2D eigenvalue weighted by molar-refractivity contribution is 9.10. The third-order valence-corrected chi connectivity index (χ3v) is 5.78. The third-order valence-electron chi connectivity index (χ3n) is 4.79. The highest BCUT2D eigenvalue weighted by Gasteiger charge is 2.27. The quantitative estimate of drug-likeness (QED) is 0.523. The topological polar surface area (TPSA) is 58.6 Å². The molecule has 0 bridgehead atoms. The summed E-state index contributed by atoms with van der Waals surface area (Å²) in [4.78, 5) is 26.9. The minimum absolute atomic E-state index is 0.187. The largest absolute Gasteiger partial charge is 0.483 e. The number of likely N-dealkylation sites (N-methyl/N-ethyl adjacent to an activating group) is 1. The molecule has 0 fully saturated rings. The summed E-state index contributed by atoms with van der Waals surface area (Å²) in [5.74, 6) is 0.450. The van der Waals surface area contributed by atoms with Crippen LogP contribution in [0.15, 0.2) is 46.9 Å². The van der Waals surface area contributed by atoms with Gasteiger partial charge in [-0.2, -0.15) is 0 Å². The Morgan fingerprint density at radius 3 is 2.47 bits per heavy atom. The van der Waals surface area contributed by atoms with Crippen LogP contribution in [0.2, 0.25) is 5.02 Å². The van der Waals surface area contributed by atoms with E-state index in [4.69, 9.17) is 16.3 Å². The van der Waals surface area contributed by atoms with Gasteiger partial charge in [0.2, 0.25) is 5.91 Å². The second-order valence-corrected chi connectivity index (χ2v) is 8.58. The first kappa shape index (κ1) is 24.2. The summed E-state index contributed by atoms with van der Waals surface area (Å²) >= 11 is 9.78. The minimum Gasteiger partial charge on any atom is -0.483 e. The van der Waals surface area contributed by atoms with Crippen molar-refractivity contribution < 1.29 is 14.3 Å². The highest BCUT2D eigenvalue weighted by atomic mass is 79.9. The molecule has 0 spiro atoms. The second-order valence-electron chi connectivity index (χ2n) is 7.32. The van der Waals surface area contributed by atoms with Crippen molar-refractivity contribution in [2.75, 3.05) is 13.2 Å². The van der Waals surface area contributed by atoms with E-state index in [1.165, 1.54) is 10.5 Å². The Balaban J connectivity index is 2.17. The lowest BCUT2D eigenvalue weighted by Gasteiger charge is -2.29. The molecule has 0 radical (unpaired) electrons. The normalized spacial score (nSPS) is 11.8. The molecule has 0 saturated heterocycles. The molecule has 5 nitrogen and oxygen atoms in total. The predicted octanol–water partition coefficient (Wildman–Crippen LogP) is 5.16. The fourth-order valence-electron chi connectivity index (χ4n) is 2.93. The van der Waals surface area contributed by atoms with Gasteiger partial charge < -0.3 is 15.0 Å². The molecule has 0 unspecified atom stereocenters. The van der Waals surface area contributed by atoms with Gasteiger partial charge in [0.1, 0.15) is 11.8 Å². The van der Waals surface area contributed by atoms with Crippen LogP contribution in [-0.2, 0) is 16.1 Å².